The zero-order valence-electron chi connectivity index (χ0n) is 13.6. The van der Waals surface area contributed by atoms with Gasteiger partial charge in [0.25, 0.3) is 11.5 Å². The number of ether oxygens (including phenoxy) is 1. The van der Waals surface area contributed by atoms with E-state index in [0.29, 0.717) is 28.2 Å². The van der Waals surface area contributed by atoms with Gasteiger partial charge >= 0.3 is 0 Å². The molecular formula is C17H16N4O3S. The number of hydrogen-bond acceptors (Lipinski definition) is 6. The van der Waals surface area contributed by atoms with Crippen LogP contribution in [0, 0.1) is 6.92 Å². The smallest absolute Gasteiger partial charge is 0.264 e. The SMILES string of the molecule is C=CCn1ccc2c(OCC(=O)Nc3nnc(C)s3)cccc2c1=O. The fourth-order valence-electron chi connectivity index (χ4n) is 2.34. The Morgan fingerprint density at radius 3 is 2.92 bits per heavy atom. The Hall–Kier alpha value is -3.00. The predicted octanol–water partition coefficient (Wildman–Crippen LogP) is 2.36. The van der Waals surface area contributed by atoms with Gasteiger partial charge in [-0.3, -0.25) is 14.9 Å². The summed E-state index contributed by atoms with van der Waals surface area (Å²) in [6.07, 6.45) is 3.34. The molecule has 0 aliphatic heterocycles. The van der Waals surface area contributed by atoms with Crippen LogP contribution in [-0.4, -0.2) is 27.3 Å². The lowest BCUT2D eigenvalue weighted by Crippen LogP contribution is -2.21. The van der Waals surface area contributed by atoms with Crippen molar-refractivity contribution in [3.05, 3.63) is 58.5 Å². The van der Waals surface area contributed by atoms with Crippen molar-refractivity contribution in [1.29, 1.82) is 0 Å². The van der Waals surface area contributed by atoms with Gasteiger partial charge in [-0.25, -0.2) is 0 Å². The van der Waals surface area contributed by atoms with E-state index >= 15 is 0 Å². The quantitative estimate of drug-likeness (QED) is 0.685. The first-order valence-corrected chi connectivity index (χ1v) is 8.36. The van der Waals surface area contributed by atoms with Crippen LogP contribution in [-0.2, 0) is 11.3 Å². The number of aryl methyl sites for hydroxylation is 1. The van der Waals surface area contributed by atoms with E-state index in [4.69, 9.17) is 4.74 Å². The average Bonchev–Trinajstić information content (AvgIpc) is 3.00. The molecule has 0 fully saturated rings. The largest absolute Gasteiger partial charge is 0.483 e. The predicted molar refractivity (Wildman–Crippen MR) is 97.2 cm³/mol. The maximum absolute atomic E-state index is 12.4. The van der Waals surface area contributed by atoms with Gasteiger partial charge in [-0.15, -0.1) is 16.8 Å². The second-order valence-electron chi connectivity index (χ2n) is 5.24. The number of hydrogen-bond donors (Lipinski definition) is 1. The zero-order valence-corrected chi connectivity index (χ0v) is 14.4. The summed E-state index contributed by atoms with van der Waals surface area (Å²) in [6, 6.07) is 6.97. The van der Waals surface area contributed by atoms with Crippen molar-refractivity contribution in [1.82, 2.24) is 14.8 Å². The number of aromatic nitrogens is 3. The molecule has 128 valence electrons. The first-order chi connectivity index (χ1) is 12.1. The molecule has 3 rings (SSSR count). The van der Waals surface area contributed by atoms with Gasteiger partial charge in [-0.1, -0.05) is 23.5 Å². The number of pyridine rings is 1. The molecule has 8 heteroatoms. The van der Waals surface area contributed by atoms with Gasteiger partial charge in [-0.2, -0.15) is 0 Å². The van der Waals surface area contributed by atoms with Crippen molar-refractivity contribution in [3.63, 3.8) is 0 Å². The van der Waals surface area contributed by atoms with Crippen molar-refractivity contribution in [2.24, 2.45) is 0 Å². The average molecular weight is 356 g/mol. The van der Waals surface area contributed by atoms with Crippen LogP contribution in [0.15, 0.2) is 47.9 Å². The van der Waals surface area contributed by atoms with Crippen LogP contribution in [0.4, 0.5) is 5.13 Å². The van der Waals surface area contributed by atoms with Gasteiger partial charge in [0, 0.05) is 18.1 Å². The van der Waals surface area contributed by atoms with E-state index in [1.54, 1.807) is 48.0 Å². The highest BCUT2D eigenvalue weighted by molar-refractivity contribution is 7.15. The third-order valence-electron chi connectivity index (χ3n) is 3.44. The molecule has 0 unspecified atom stereocenters. The summed E-state index contributed by atoms with van der Waals surface area (Å²) >= 11 is 1.29. The first-order valence-electron chi connectivity index (χ1n) is 7.54. The van der Waals surface area contributed by atoms with Crippen molar-refractivity contribution in [3.8, 4) is 5.75 Å². The molecule has 0 spiro atoms. The third-order valence-corrected chi connectivity index (χ3v) is 4.19. The summed E-state index contributed by atoms with van der Waals surface area (Å²) in [5.41, 5.74) is -0.128. The van der Waals surface area contributed by atoms with E-state index in [0.717, 1.165) is 5.01 Å². The lowest BCUT2D eigenvalue weighted by molar-refractivity contribution is -0.118. The summed E-state index contributed by atoms with van der Waals surface area (Å²) in [7, 11) is 0. The second kappa shape index (κ2) is 7.27. The van der Waals surface area contributed by atoms with Crippen LogP contribution in [0.25, 0.3) is 10.8 Å². The molecule has 0 aliphatic carbocycles. The number of amides is 1. The number of rotatable bonds is 6. The summed E-state index contributed by atoms with van der Waals surface area (Å²) in [4.78, 5) is 24.4. The standard InChI is InChI=1S/C17H16N4O3S/c1-3-8-21-9-7-12-13(16(21)23)5-4-6-14(12)24-10-15(22)18-17-20-19-11(2)25-17/h3-7,9H,1,8,10H2,2H3,(H,18,20,22). The molecule has 0 bridgehead atoms. The highest BCUT2D eigenvalue weighted by atomic mass is 32.1. The number of allylic oxidation sites excluding steroid dienone is 1. The number of carbonyl (C=O) groups excluding carboxylic acids is 1. The lowest BCUT2D eigenvalue weighted by atomic mass is 10.1. The Balaban J connectivity index is 1.77. The van der Waals surface area contributed by atoms with Crippen molar-refractivity contribution < 1.29 is 9.53 Å². The third kappa shape index (κ3) is 3.74. The highest BCUT2D eigenvalue weighted by Crippen LogP contribution is 2.23. The monoisotopic (exact) mass is 356 g/mol. The molecule has 2 aromatic heterocycles. The minimum absolute atomic E-state index is 0.128. The maximum atomic E-state index is 12.4. The molecule has 0 atom stereocenters. The molecule has 0 radical (unpaired) electrons. The van der Waals surface area contributed by atoms with Crippen molar-refractivity contribution in [2.75, 3.05) is 11.9 Å². The van der Waals surface area contributed by atoms with E-state index in [2.05, 4.69) is 22.1 Å². The normalized spacial score (nSPS) is 10.6. The molecule has 1 aromatic carbocycles. The van der Waals surface area contributed by atoms with E-state index in [-0.39, 0.29) is 18.1 Å². The molecule has 7 nitrogen and oxygen atoms in total. The highest BCUT2D eigenvalue weighted by Gasteiger charge is 2.10. The van der Waals surface area contributed by atoms with Crippen LogP contribution in [0.2, 0.25) is 0 Å². The van der Waals surface area contributed by atoms with Crippen molar-refractivity contribution >= 4 is 33.1 Å². The first kappa shape index (κ1) is 16.8. The molecule has 3 aromatic rings. The fraction of sp³-hybridized carbons (Fsp3) is 0.176. The van der Waals surface area contributed by atoms with Crippen LogP contribution in [0.3, 0.4) is 0 Å². The molecule has 0 saturated heterocycles. The number of nitrogens with zero attached hydrogens (tertiary/aromatic N) is 3. The number of nitrogens with one attached hydrogen (secondary N) is 1. The Morgan fingerprint density at radius 2 is 2.20 bits per heavy atom. The van der Waals surface area contributed by atoms with Crippen molar-refractivity contribution in [2.45, 2.75) is 13.5 Å². The second-order valence-corrected chi connectivity index (χ2v) is 6.42. The van der Waals surface area contributed by atoms with Gasteiger partial charge < -0.3 is 9.30 Å². The van der Waals surface area contributed by atoms with Crippen LogP contribution in [0.5, 0.6) is 5.75 Å². The summed E-state index contributed by atoms with van der Waals surface area (Å²) in [5, 5.41) is 12.7. The van der Waals surface area contributed by atoms with Gasteiger partial charge in [0.1, 0.15) is 10.8 Å². The maximum Gasteiger partial charge on any atom is 0.264 e. The molecular weight excluding hydrogens is 340 g/mol. The van der Waals surface area contributed by atoms with Gasteiger partial charge in [0.05, 0.1) is 5.39 Å². The van der Waals surface area contributed by atoms with Gasteiger partial charge in [0.2, 0.25) is 5.13 Å². The Bertz CT molecular complexity index is 993. The number of anilines is 1. The molecule has 0 saturated carbocycles. The molecule has 25 heavy (non-hydrogen) atoms. The van der Waals surface area contributed by atoms with E-state index < -0.39 is 0 Å². The Kier molecular flexibility index (Phi) is 4.90. The van der Waals surface area contributed by atoms with E-state index in [1.807, 2.05) is 0 Å². The topological polar surface area (TPSA) is 86.1 Å². The molecule has 1 amide bonds. The Morgan fingerprint density at radius 1 is 1.36 bits per heavy atom. The van der Waals surface area contributed by atoms with Gasteiger partial charge in [-0.05, 0) is 25.1 Å². The summed E-state index contributed by atoms with van der Waals surface area (Å²) < 4.78 is 7.15. The minimum atomic E-state index is -0.340. The Labute approximate surface area is 147 Å². The van der Waals surface area contributed by atoms with E-state index in [1.165, 1.54) is 11.3 Å². The van der Waals surface area contributed by atoms with Gasteiger partial charge in [0.15, 0.2) is 6.61 Å². The number of fused-ring (bicyclic) bond motifs is 1. The lowest BCUT2D eigenvalue weighted by Gasteiger charge is -2.10. The minimum Gasteiger partial charge on any atom is -0.483 e. The van der Waals surface area contributed by atoms with E-state index in [9.17, 15) is 9.59 Å². The van der Waals surface area contributed by atoms with Crippen LogP contribution < -0.4 is 15.6 Å². The zero-order chi connectivity index (χ0) is 17.8. The fourth-order valence-corrected chi connectivity index (χ4v) is 2.95. The molecule has 2 heterocycles. The molecule has 1 N–H and O–H groups in total. The summed E-state index contributed by atoms with van der Waals surface area (Å²) in [6.45, 7) is 5.69. The number of benzene rings is 1. The van der Waals surface area contributed by atoms with Crippen LogP contribution in [0.1, 0.15) is 5.01 Å². The van der Waals surface area contributed by atoms with Crippen LogP contribution >= 0.6 is 11.3 Å². The number of carbonyl (C=O) groups is 1. The molecule has 0 aliphatic rings. The summed E-state index contributed by atoms with van der Waals surface area (Å²) in [5.74, 6) is 0.136.